The number of piperidine rings is 1. The molecule has 0 aliphatic carbocycles. The monoisotopic (exact) mass is 372 g/mol. The van der Waals surface area contributed by atoms with Crippen molar-refractivity contribution >= 4 is 11.6 Å². The van der Waals surface area contributed by atoms with Crippen molar-refractivity contribution in [2.45, 2.75) is 37.1 Å². The lowest BCUT2D eigenvalue weighted by Crippen LogP contribution is -2.58. The smallest absolute Gasteiger partial charge is 0.378 e. The second kappa shape index (κ2) is 7.54. The van der Waals surface area contributed by atoms with Crippen molar-refractivity contribution in [2.24, 2.45) is 0 Å². The predicted molar refractivity (Wildman–Crippen MR) is 89.8 cm³/mol. The number of anilines is 1. The van der Waals surface area contributed by atoms with Crippen LogP contribution in [0.5, 0.6) is 0 Å². The number of nitrogens with one attached hydrogen (secondary N) is 1. The molecule has 26 heavy (non-hydrogen) atoms. The Labute approximate surface area is 150 Å². The first kappa shape index (κ1) is 19.1. The number of hydrogen-bond acceptors (Lipinski definition) is 4. The highest BCUT2D eigenvalue weighted by molar-refractivity contribution is 5.92. The number of ether oxygens (including phenoxy) is 2. The maximum Gasteiger partial charge on any atom is 0.416 e. The number of benzene rings is 1. The molecule has 144 valence electrons. The van der Waals surface area contributed by atoms with E-state index >= 15 is 0 Å². The number of halogens is 3. The molecule has 0 aromatic heterocycles. The van der Waals surface area contributed by atoms with Gasteiger partial charge in [-0.05, 0) is 37.5 Å². The molecule has 2 atom stereocenters. The molecule has 5 nitrogen and oxygen atoms in total. The van der Waals surface area contributed by atoms with Crippen LogP contribution < -0.4 is 5.32 Å². The van der Waals surface area contributed by atoms with E-state index in [1.54, 1.807) is 7.11 Å². The molecule has 2 aliphatic rings. The summed E-state index contributed by atoms with van der Waals surface area (Å²) in [7, 11) is 1.67. The van der Waals surface area contributed by atoms with Gasteiger partial charge in [-0.1, -0.05) is 6.07 Å². The summed E-state index contributed by atoms with van der Waals surface area (Å²) >= 11 is 0. The Hall–Kier alpha value is -1.64. The maximum atomic E-state index is 12.8. The van der Waals surface area contributed by atoms with Crippen LogP contribution in [0, 0.1) is 0 Å². The summed E-state index contributed by atoms with van der Waals surface area (Å²) in [5.74, 6) is -0.340. The molecule has 0 unspecified atom stereocenters. The van der Waals surface area contributed by atoms with Crippen molar-refractivity contribution in [3.05, 3.63) is 29.8 Å². The van der Waals surface area contributed by atoms with Crippen LogP contribution in [-0.4, -0.2) is 55.9 Å². The summed E-state index contributed by atoms with van der Waals surface area (Å²) in [6, 6.07) is 4.65. The second-order valence-corrected chi connectivity index (χ2v) is 6.87. The quantitative estimate of drug-likeness (QED) is 0.883. The van der Waals surface area contributed by atoms with Gasteiger partial charge in [0.25, 0.3) is 0 Å². The van der Waals surface area contributed by atoms with Gasteiger partial charge in [0, 0.05) is 32.5 Å². The van der Waals surface area contributed by atoms with Crippen LogP contribution in [0.25, 0.3) is 0 Å². The van der Waals surface area contributed by atoms with E-state index in [1.165, 1.54) is 12.1 Å². The average molecular weight is 372 g/mol. The summed E-state index contributed by atoms with van der Waals surface area (Å²) in [4.78, 5) is 14.3. The molecule has 8 heteroatoms. The van der Waals surface area contributed by atoms with E-state index < -0.39 is 11.7 Å². The van der Waals surface area contributed by atoms with Crippen molar-refractivity contribution < 1.29 is 27.4 Å². The van der Waals surface area contributed by atoms with E-state index in [0.29, 0.717) is 19.7 Å². The van der Waals surface area contributed by atoms with Gasteiger partial charge in [0.1, 0.15) is 5.60 Å². The third kappa shape index (κ3) is 4.19. The van der Waals surface area contributed by atoms with E-state index in [1.807, 2.05) is 4.90 Å². The molecule has 3 rings (SSSR count). The standard InChI is InChI=1S/C18H23F3N2O3/c1-25-15-6-8-23(12-17(15)7-3-9-26-17)11-16(24)22-14-5-2-4-13(10-14)18(19,20)21/h2,4-5,10,15H,3,6-9,11-12H2,1H3,(H,22,24)/t15-,17+/m0/s1. The van der Waals surface area contributed by atoms with Crippen molar-refractivity contribution in [1.82, 2.24) is 4.90 Å². The normalized spacial score (nSPS) is 27.0. The summed E-state index contributed by atoms with van der Waals surface area (Å²) in [6.45, 7) is 2.06. The largest absolute Gasteiger partial charge is 0.416 e. The third-order valence-corrected chi connectivity index (χ3v) is 5.04. The Balaban J connectivity index is 1.60. The average Bonchev–Trinajstić information content (AvgIpc) is 3.03. The number of amides is 1. The van der Waals surface area contributed by atoms with E-state index in [0.717, 1.165) is 31.4 Å². The Kier molecular flexibility index (Phi) is 5.55. The van der Waals surface area contributed by atoms with Crippen molar-refractivity contribution in [2.75, 3.05) is 38.7 Å². The first-order valence-electron chi connectivity index (χ1n) is 8.69. The van der Waals surface area contributed by atoms with Gasteiger partial charge in [0.05, 0.1) is 18.2 Å². The molecule has 2 saturated heterocycles. The molecule has 0 bridgehead atoms. The molecule has 2 heterocycles. The highest BCUT2D eigenvalue weighted by atomic mass is 19.4. The number of likely N-dealkylation sites (tertiary alicyclic amines) is 1. The minimum atomic E-state index is -4.44. The van der Waals surface area contributed by atoms with Crippen LogP contribution in [-0.2, 0) is 20.4 Å². The lowest BCUT2D eigenvalue weighted by molar-refractivity contribution is -0.146. The van der Waals surface area contributed by atoms with Crippen LogP contribution >= 0.6 is 0 Å². The maximum absolute atomic E-state index is 12.8. The van der Waals surface area contributed by atoms with E-state index in [4.69, 9.17) is 9.47 Å². The Morgan fingerprint density at radius 2 is 2.27 bits per heavy atom. The van der Waals surface area contributed by atoms with E-state index in [9.17, 15) is 18.0 Å². The number of rotatable bonds is 4. The van der Waals surface area contributed by atoms with Crippen molar-refractivity contribution in [3.63, 3.8) is 0 Å². The Bertz CT molecular complexity index is 645. The molecule has 1 aromatic carbocycles. The minimum Gasteiger partial charge on any atom is -0.378 e. The van der Waals surface area contributed by atoms with Crippen LogP contribution in [0.2, 0.25) is 0 Å². The number of alkyl halides is 3. The molecule has 2 aliphatic heterocycles. The Morgan fingerprint density at radius 3 is 2.92 bits per heavy atom. The van der Waals surface area contributed by atoms with Gasteiger partial charge in [-0.25, -0.2) is 0 Å². The number of nitrogens with zero attached hydrogens (tertiary/aromatic N) is 1. The SMILES string of the molecule is CO[C@H]1CCN(CC(=O)Nc2cccc(C(F)(F)F)c2)C[C@]12CCCO2. The zero-order valence-corrected chi connectivity index (χ0v) is 14.6. The number of carbonyl (C=O) groups excluding carboxylic acids is 1. The third-order valence-electron chi connectivity index (χ3n) is 5.04. The molecular formula is C18H23F3N2O3. The molecule has 2 fully saturated rings. The molecule has 0 saturated carbocycles. The highest BCUT2D eigenvalue weighted by Gasteiger charge is 2.47. The lowest BCUT2D eigenvalue weighted by Gasteiger charge is -2.44. The van der Waals surface area contributed by atoms with Crippen molar-refractivity contribution in [3.8, 4) is 0 Å². The molecule has 1 aromatic rings. The molecule has 1 N–H and O–H groups in total. The van der Waals surface area contributed by atoms with Gasteiger partial charge in [0.15, 0.2) is 0 Å². The summed E-state index contributed by atoms with van der Waals surface area (Å²) in [5.41, 5.74) is -1.03. The fourth-order valence-electron chi connectivity index (χ4n) is 3.86. The van der Waals surface area contributed by atoms with E-state index in [2.05, 4.69) is 5.32 Å². The van der Waals surface area contributed by atoms with Crippen molar-refractivity contribution in [1.29, 1.82) is 0 Å². The highest BCUT2D eigenvalue weighted by Crippen LogP contribution is 2.36. The molecule has 0 radical (unpaired) electrons. The van der Waals surface area contributed by atoms with Crippen LogP contribution in [0.3, 0.4) is 0 Å². The van der Waals surface area contributed by atoms with Crippen LogP contribution in [0.1, 0.15) is 24.8 Å². The summed E-state index contributed by atoms with van der Waals surface area (Å²) in [5, 5.41) is 2.55. The van der Waals surface area contributed by atoms with Gasteiger partial charge < -0.3 is 14.8 Å². The van der Waals surface area contributed by atoms with Gasteiger partial charge in [-0.15, -0.1) is 0 Å². The predicted octanol–water partition coefficient (Wildman–Crippen LogP) is 2.91. The number of hydrogen-bond donors (Lipinski definition) is 1. The summed E-state index contributed by atoms with van der Waals surface area (Å²) < 4.78 is 49.8. The number of methoxy groups -OCH3 is 1. The first-order chi connectivity index (χ1) is 12.3. The van der Waals surface area contributed by atoms with Crippen LogP contribution in [0.15, 0.2) is 24.3 Å². The topological polar surface area (TPSA) is 50.8 Å². The van der Waals surface area contributed by atoms with Gasteiger partial charge >= 0.3 is 6.18 Å². The number of carbonyl (C=O) groups is 1. The first-order valence-corrected chi connectivity index (χ1v) is 8.69. The van der Waals surface area contributed by atoms with Gasteiger partial charge in [-0.3, -0.25) is 9.69 Å². The Morgan fingerprint density at radius 1 is 1.46 bits per heavy atom. The van der Waals surface area contributed by atoms with Gasteiger partial charge in [0.2, 0.25) is 5.91 Å². The lowest BCUT2D eigenvalue weighted by atomic mass is 9.87. The fourth-order valence-corrected chi connectivity index (χ4v) is 3.86. The van der Waals surface area contributed by atoms with E-state index in [-0.39, 0.29) is 29.8 Å². The summed E-state index contributed by atoms with van der Waals surface area (Å²) in [6.07, 6.45) is -1.82. The fraction of sp³-hybridized carbons (Fsp3) is 0.611. The minimum absolute atomic E-state index is 0.00720. The van der Waals surface area contributed by atoms with Crippen LogP contribution in [0.4, 0.5) is 18.9 Å². The zero-order chi connectivity index (χ0) is 18.8. The molecule has 1 amide bonds. The second-order valence-electron chi connectivity index (χ2n) is 6.87. The zero-order valence-electron chi connectivity index (χ0n) is 14.6. The molecule has 1 spiro atoms. The molecular weight excluding hydrogens is 349 g/mol. The van der Waals surface area contributed by atoms with Gasteiger partial charge in [-0.2, -0.15) is 13.2 Å².